The van der Waals surface area contributed by atoms with E-state index in [0.29, 0.717) is 6.54 Å². The van der Waals surface area contributed by atoms with E-state index in [1.807, 2.05) is 49.5 Å². The van der Waals surface area contributed by atoms with Gasteiger partial charge in [-0.25, -0.2) is 0 Å². The molecule has 0 spiro atoms. The number of fused-ring (bicyclic) bond motifs is 1. The maximum absolute atomic E-state index is 10.6. The zero-order valence-electron chi connectivity index (χ0n) is 12.1. The molecule has 3 aromatic rings. The smallest absolute Gasteiger partial charge is 0.0970 e. The third-order valence-electron chi connectivity index (χ3n) is 3.83. The summed E-state index contributed by atoms with van der Waals surface area (Å²) in [6, 6.07) is 24.4. The van der Waals surface area contributed by atoms with E-state index in [9.17, 15) is 5.11 Å². The molecule has 3 aromatic carbocycles. The van der Waals surface area contributed by atoms with E-state index in [0.717, 1.165) is 22.0 Å². The van der Waals surface area contributed by atoms with Crippen LogP contribution < -0.4 is 4.90 Å². The van der Waals surface area contributed by atoms with Crippen LogP contribution in [0.15, 0.2) is 72.8 Å². The van der Waals surface area contributed by atoms with Crippen LogP contribution in [0.5, 0.6) is 0 Å². The zero-order chi connectivity index (χ0) is 14.7. The highest BCUT2D eigenvalue weighted by atomic mass is 16.3. The van der Waals surface area contributed by atoms with Gasteiger partial charge in [0, 0.05) is 19.3 Å². The molecule has 1 unspecified atom stereocenters. The predicted octanol–water partition coefficient (Wildman–Crippen LogP) is 4.01. The summed E-state index contributed by atoms with van der Waals surface area (Å²) in [5.74, 6) is 0. The van der Waals surface area contributed by atoms with Gasteiger partial charge in [0.1, 0.15) is 0 Å². The van der Waals surface area contributed by atoms with Gasteiger partial charge in [-0.3, -0.25) is 0 Å². The van der Waals surface area contributed by atoms with Gasteiger partial charge in [0.15, 0.2) is 0 Å². The number of rotatable bonds is 4. The number of anilines is 1. The second kappa shape index (κ2) is 5.98. The molecule has 0 bridgehead atoms. The molecule has 2 nitrogen and oxygen atoms in total. The summed E-state index contributed by atoms with van der Waals surface area (Å²) in [5, 5.41) is 12.9. The van der Waals surface area contributed by atoms with Crippen molar-refractivity contribution in [2.75, 3.05) is 18.5 Å². The fourth-order valence-electron chi connectivity index (χ4n) is 2.69. The van der Waals surface area contributed by atoms with Crippen molar-refractivity contribution in [1.82, 2.24) is 0 Å². The first kappa shape index (κ1) is 13.7. The Hall–Kier alpha value is -2.32. The number of benzene rings is 3. The maximum Gasteiger partial charge on any atom is 0.0970 e. The Labute approximate surface area is 125 Å². The molecular formula is C19H19NO. The number of nitrogens with zero attached hydrogens (tertiary/aromatic N) is 1. The molecule has 3 rings (SSSR count). The van der Waals surface area contributed by atoms with Gasteiger partial charge in [-0.2, -0.15) is 0 Å². The molecular weight excluding hydrogens is 258 g/mol. The summed E-state index contributed by atoms with van der Waals surface area (Å²) in [7, 11) is 2.00. The highest BCUT2D eigenvalue weighted by Crippen LogP contribution is 2.25. The van der Waals surface area contributed by atoms with Gasteiger partial charge in [-0.15, -0.1) is 0 Å². The molecule has 0 aliphatic carbocycles. The monoisotopic (exact) mass is 277 g/mol. The Morgan fingerprint density at radius 3 is 2.33 bits per heavy atom. The molecule has 1 N–H and O–H groups in total. The van der Waals surface area contributed by atoms with Crippen LogP contribution in [-0.4, -0.2) is 18.7 Å². The molecule has 21 heavy (non-hydrogen) atoms. The van der Waals surface area contributed by atoms with Crippen LogP contribution in [0.1, 0.15) is 11.7 Å². The van der Waals surface area contributed by atoms with Crippen LogP contribution in [0.4, 0.5) is 5.69 Å². The van der Waals surface area contributed by atoms with Crippen molar-refractivity contribution in [2.45, 2.75) is 6.10 Å². The number of hydrogen-bond acceptors (Lipinski definition) is 2. The lowest BCUT2D eigenvalue weighted by molar-refractivity contribution is 0.186. The molecule has 0 saturated carbocycles. The lowest BCUT2D eigenvalue weighted by Gasteiger charge is -2.23. The molecule has 2 heteroatoms. The Balaban J connectivity index is 1.86. The molecule has 0 fully saturated rings. The highest BCUT2D eigenvalue weighted by Gasteiger charge is 2.13. The van der Waals surface area contributed by atoms with E-state index in [4.69, 9.17) is 0 Å². The van der Waals surface area contributed by atoms with E-state index < -0.39 is 6.10 Å². The standard InChI is InChI=1S/C19H19NO/c1-20(16-10-3-2-4-11-16)14-19(21)18-13-7-9-15-8-5-6-12-17(15)18/h2-13,19,21H,14H2,1H3. The van der Waals surface area contributed by atoms with Crippen molar-refractivity contribution in [1.29, 1.82) is 0 Å². The Morgan fingerprint density at radius 1 is 0.857 bits per heavy atom. The van der Waals surface area contributed by atoms with Crippen LogP contribution >= 0.6 is 0 Å². The summed E-state index contributed by atoms with van der Waals surface area (Å²) < 4.78 is 0. The summed E-state index contributed by atoms with van der Waals surface area (Å²) in [6.07, 6.45) is -0.513. The molecule has 0 saturated heterocycles. The van der Waals surface area contributed by atoms with E-state index in [2.05, 4.69) is 35.2 Å². The van der Waals surface area contributed by atoms with Crippen molar-refractivity contribution in [3.05, 3.63) is 78.4 Å². The van der Waals surface area contributed by atoms with Gasteiger partial charge in [-0.05, 0) is 28.5 Å². The molecule has 0 radical (unpaired) electrons. The molecule has 0 amide bonds. The van der Waals surface area contributed by atoms with Crippen molar-refractivity contribution in [3.8, 4) is 0 Å². The first-order valence-electron chi connectivity index (χ1n) is 7.17. The molecule has 0 aliphatic rings. The second-order valence-corrected chi connectivity index (χ2v) is 5.30. The Morgan fingerprint density at radius 2 is 1.52 bits per heavy atom. The predicted molar refractivity (Wildman–Crippen MR) is 88.6 cm³/mol. The van der Waals surface area contributed by atoms with Crippen LogP contribution in [0.2, 0.25) is 0 Å². The van der Waals surface area contributed by atoms with Crippen molar-refractivity contribution >= 4 is 16.5 Å². The quantitative estimate of drug-likeness (QED) is 0.779. The minimum absolute atomic E-state index is 0.513. The lowest BCUT2D eigenvalue weighted by atomic mass is 10.00. The van der Waals surface area contributed by atoms with Gasteiger partial charge in [0.05, 0.1) is 6.10 Å². The largest absolute Gasteiger partial charge is 0.387 e. The Kier molecular flexibility index (Phi) is 3.89. The Bertz CT molecular complexity index is 718. The van der Waals surface area contributed by atoms with Crippen LogP contribution in [0, 0.1) is 0 Å². The van der Waals surface area contributed by atoms with Crippen LogP contribution in [0.3, 0.4) is 0 Å². The molecule has 1 atom stereocenters. The molecule has 106 valence electrons. The average molecular weight is 277 g/mol. The summed E-state index contributed by atoms with van der Waals surface area (Å²) in [5.41, 5.74) is 2.09. The SMILES string of the molecule is CN(CC(O)c1cccc2ccccc12)c1ccccc1. The van der Waals surface area contributed by atoms with E-state index in [1.54, 1.807) is 0 Å². The zero-order valence-corrected chi connectivity index (χ0v) is 12.1. The van der Waals surface area contributed by atoms with Gasteiger partial charge in [-0.1, -0.05) is 60.7 Å². The molecule has 0 aliphatic heterocycles. The molecule has 0 aromatic heterocycles. The number of hydrogen-bond donors (Lipinski definition) is 1. The maximum atomic E-state index is 10.6. The van der Waals surface area contributed by atoms with Gasteiger partial charge < -0.3 is 10.0 Å². The topological polar surface area (TPSA) is 23.5 Å². The van der Waals surface area contributed by atoms with E-state index in [1.165, 1.54) is 0 Å². The third kappa shape index (κ3) is 2.91. The van der Waals surface area contributed by atoms with Crippen molar-refractivity contribution < 1.29 is 5.11 Å². The molecule has 0 heterocycles. The summed E-state index contributed by atoms with van der Waals surface area (Å²) in [4.78, 5) is 2.08. The first-order valence-corrected chi connectivity index (χ1v) is 7.17. The van der Waals surface area contributed by atoms with Gasteiger partial charge >= 0.3 is 0 Å². The van der Waals surface area contributed by atoms with Crippen LogP contribution in [0.25, 0.3) is 10.8 Å². The minimum atomic E-state index is -0.513. The first-order chi connectivity index (χ1) is 10.3. The van der Waals surface area contributed by atoms with E-state index in [-0.39, 0.29) is 0 Å². The summed E-state index contributed by atoms with van der Waals surface area (Å²) >= 11 is 0. The fraction of sp³-hybridized carbons (Fsp3) is 0.158. The summed E-state index contributed by atoms with van der Waals surface area (Å²) in [6.45, 7) is 0.567. The number of likely N-dealkylation sites (N-methyl/N-ethyl adjacent to an activating group) is 1. The number of aliphatic hydroxyl groups is 1. The van der Waals surface area contributed by atoms with Gasteiger partial charge in [0.25, 0.3) is 0 Å². The average Bonchev–Trinajstić information content (AvgIpc) is 2.55. The second-order valence-electron chi connectivity index (χ2n) is 5.30. The minimum Gasteiger partial charge on any atom is -0.387 e. The lowest BCUT2D eigenvalue weighted by Crippen LogP contribution is -2.24. The number of para-hydroxylation sites is 1. The van der Waals surface area contributed by atoms with Gasteiger partial charge in [0.2, 0.25) is 0 Å². The normalized spacial score (nSPS) is 12.3. The van der Waals surface area contributed by atoms with Crippen molar-refractivity contribution in [3.63, 3.8) is 0 Å². The number of aliphatic hydroxyl groups excluding tert-OH is 1. The third-order valence-corrected chi connectivity index (χ3v) is 3.83. The van der Waals surface area contributed by atoms with Crippen LogP contribution in [-0.2, 0) is 0 Å². The van der Waals surface area contributed by atoms with E-state index >= 15 is 0 Å². The fourth-order valence-corrected chi connectivity index (χ4v) is 2.69. The highest BCUT2D eigenvalue weighted by molar-refractivity contribution is 5.86. The van der Waals surface area contributed by atoms with Crippen molar-refractivity contribution in [2.24, 2.45) is 0 Å².